The topological polar surface area (TPSA) is 41.8 Å². The van der Waals surface area contributed by atoms with Crippen molar-refractivity contribution in [3.8, 4) is 0 Å². The molecule has 1 aromatic heterocycles. The third-order valence-corrected chi connectivity index (χ3v) is 3.85. The molecule has 2 aromatic rings. The minimum atomic E-state index is 0. The van der Waals surface area contributed by atoms with Crippen LogP contribution in [0.1, 0.15) is 30.9 Å². The summed E-state index contributed by atoms with van der Waals surface area (Å²) < 4.78 is 1.11. The van der Waals surface area contributed by atoms with Gasteiger partial charge >= 0.3 is 0 Å². The summed E-state index contributed by atoms with van der Waals surface area (Å²) in [5, 5.41) is 1.25. The fraction of sp³-hybridized carbons (Fsp3) is 0.385. The quantitative estimate of drug-likeness (QED) is 0.877. The summed E-state index contributed by atoms with van der Waals surface area (Å²) in [7, 11) is 0. The van der Waals surface area contributed by atoms with Crippen molar-refractivity contribution in [1.82, 2.24) is 4.98 Å². The number of fused-ring (bicyclic) bond motifs is 1. The van der Waals surface area contributed by atoms with Gasteiger partial charge in [0.1, 0.15) is 0 Å². The molecule has 3 N–H and O–H groups in total. The van der Waals surface area contributed by atoms with Crippen molar-refractivity contribution in [3.05, 3.63) is 34.4 Å². The maximum atomic E-state index is 6.26. The molecule has 1 atom stereocenters. The number of nitrogens with one attached hydrogen (secondary N) is 1. The summed E-state index contributed by atoms with van der Waals surface area (Å²) in [4.78, 5) is 3.29. The fourth-order valence-corrected chi connectivity index (χ4v) is 2.62. The highest BCUT2D eigenvalue weighted by Crippen LogP contribution is 2.38. The molecule has 0 spiro atoms. The fourth-order valence-electron chi connectivity index (χ4n) is 2.26. The highest BCUT2D eigenvalue weighted by molar-refractivity contribution is 9.10. The van der Waals surface area contributed by atoms with E-state index in [0.717, 1.165) is 16.8 Å². The minimum Gasteiger partial charge on any atom is -0.361 e. The first-order valence-corrected chi connectivity index (χ1v) is 6.55. The zero-order chi connectivity index (χ0) is 11.1. The second kappa shape index (κ2) is 5.01. The summed E-state index contributed by atoms with van der Waals surface area (Å²) in [5.74, 6) is 0.868. The number of H-pyrrole nitrogens is 1. The summed E-state index contributed by atoms with van der Waals surface area (Å²) in [6, 6.07) is 6.46. The lowest BCUT2D eigenvalue weighted by atomic mass is 10.0. The zero-order valence-electron chi connectivity index (χ0n) is 9.45. The summed E-state index contributed by atoms with van der Waals surface area (Å²) in [6.07, 6.45) is 5.91. The molecule has 0 radical (unpaired) electrons. The lowest BCUT2D eigenvalue weighted by Crippen LogP contribution is -2.10. The van der Waals surface area contributed by atoms with Crippen LogP contribution in [0.2, 0.25) is 0 Å². The van der Waals surface area contributed by atoms with Crippen LogP contribution in [-0.4, -0.2) is 4.98 Å². The molecule has 1 aromatic carbocycles. The number of hydrogen-bond donors (Lipinski definition) is 2. The molecule has 1 saturated carbocycles. The molecule has 3 rings (SSSR count). The van der Waals surface area contributed by atoms with Gasteiger partial charge in [-0.15, -0.1) is 12.4 Å². The maximum absolute atomic E-state index is 6.26. The van der Waals surface area contributed by atoms with E-state index in [4.69, 9.17) is 5.73 Å². The van der Waals surface area contributed by atoms with E-state index >= 15 is 0 Å². The zero-order valence-corrected chi connectivity index (χ0v) is 11.9. The van der Waals surface area contributed by atoms with Crippen molar-refractivity contribution in [2.45, 2.75) is 25.3 Å². The Morgan fingerprint density at radius 1 is 1.41 bits per heavy atom. The van der Waals surface area contributed by atoms with E-state index in [2.05, 4.69) is 45.3 Å². The summed E-state index contributed by atoms with van der Waals surface area (Å²) >= 11 is 3.51. The lowest BCUT2D eigenvalue weighted by Gasteiger charge is -2.09. The van der Waals surface area contributed by atoms with Crippen molar-refractivity contribution < 1.29 is 0 Å². The SMILES string of the molecule is Cl.N[C@@H](CC1CC1)c1c[nH]c2ccc(Br)cc12. The molecule has 0 amide bonds. The van der Waals surface area contributed by atoms with Gasteiger partial charge in [0.25, 0.3) is 0 Å². The average Bonchev–Trinajstić information content (AvgIpc) is 2.96. The van der Waals surface area contributed by atoms with Crippen LogP contribution in [0.5, 0.6) is 0 Å². The molecule has 1 fully saturated rings. The van der Waals surface area contributed by atoms with E-state index < -0.39 is 0 Å². The molecule has 1 heterocycles. The van der Waals surface area contributed by atoms with Crippen LogP contribution in [0.25, 0.3) is 10.9 Å². The Kier molecular flexibility index (Phi) is 3.81. The van der Waals surface area contributed by atoms with Crippen molar-refractivity contribution in [2.24, 2.45) is 11.7 Å². The predicted octanol–water partition coefficient (Wildman–Crippen LogP) is 4.15. The largest absolute Gasteiger partial charge is 0.361 e. The Balaban J connectivity index is 0.00000108. The third-order valence-electron chi connectivity index (χ3n) is 3.36. The van der Waals surface area contributed by atoms with Gasteiger partial charge in [-0.05, 0) is 36.1 Å². The van der Waals surface area contributed by atoms with Crippen LogP contribution in [0.15, 0.2) is 28.9 Å². The van der Waals surface area contributed by atoms with Gasteiger partial charge in [0.2, 0.25) is 0 Å². The highest BCUT2D eigenvalue weighted by Gasteiger charge is 2.25. The molecule has 4 heteroatoms. The van der Waals surface area contributed by atoms with Crippen molar-refractivity contribution in [2.75, 3.05) is 0 Å². The van der Waals surface area contributed by atoms with Gasteiger partial charge in [-0.2, -0.15) is 0 Å². The number of hydrogen-bond acceptors (Lipinski definition) is 1. The van der Waals surface area contributed by atoms with E-state index in [0.29, 0.717) is 0 Å². The van der Waals surface area contributed by atoms with Gasteiger partial charge in [0.15, 0.2) is 0 Å². The Labute approximate surface area is 116 Å². The van der Waals surface area contributed by atoms with E-state index in [1.54, 1.807) is 0 Å². The van der Waals surface area contributed by atoms with Crippen molar-refractivity contribution in [3.63, 3.8) is 0 Å². The number of aromatic nitrogens is 1. The number of halogens is 2. The maximum Gasteiger partial charge on any atom is 0.0458 e. The monoisotopic (exact) mass is 314 g/mol. The first-order valence-electron chi connectivity index (χ1n) is 5.76. The Bertz CT molecular complexity index is 519. The summed E-state index contributed by atoms with van der Waals surface area (Å²) in [5.41, 5.74) is 8.68. The van der Waals surface area contributed by atoms with Gasteiger partial charge < -0.3 is 10.7 Å². The number of rotatable bonds is 3. The minimum absolute atomic E-state index is 0. The van der Waals surface area contributed by atoms with E-state index in [1.165, 1.54) is 29.3 Å². The molecular formula is C13H16BrClN2. The molecule has 0 unspecified atom stereocenters. The molecule has 0 bridgehead atoms. The second-order valence-corrected chi connectivity index (χ2v) is 5.64. The van der Waals surface area contributed by atoms with Crippen LogP contribution >= 0.6 is 28.3 Å². The van der Waals surface area contributed by atoms with Crippen LogP contribution in [0, 0.1) is 5.92 Å². The molecule has 0 saturated heterocycles. The van der Waals surface area contributed by atoms with Crippen molar-refractivity contribution >= 4 is 39.2 Å². The van der Waals surface area contributed by atoms with Crippen molar-refractivity contribution in [1.29, 1.82) is 0 Å². The average molecular weight is 316 g/mol. The normalized spacial score (nSPS) is 16.8. The molecular weight excluding hydrogens is 300 g/mol. The van der Waals surface area contributed by atoms with Gasteiger partial charge in [0, 0.05) is 27.6 Å². The highest BCUT2D eigenvalue weighted by atomic mass is 79.9. The van der Waals surface area contributed by atoms with Crippen LogP contribution in [0.3, 0.4) is 0 Å². The molecule has 92 valence electrons. The smallest absolute Gasteiger partial charge is 0.0458 e. The van der Waals surface area contributed by atoms with E-state index in [1.807, 2.05) is 0 Å². The number of aromatic amines is 1. The molecule has 2 nitrogen and oxygen atoms in total. The van der Waals surface area contributed by atoms with Gasteiger partial charge in [0.05, 0.1) is 0 Å². The van der Waals surface area contributed by atoms with Crippen LogP contribution in [-0.2, 0) is 0 Å². The Morgan fingerprint density at radius 2 is 2.18 bits per heavy atom. The Morgan fingerprint density at radius 3 is 2.88 bits per heavy atom. The van der Waals surface area contributed by atoms with E-state index in [-0.39, 0.29) is 18.4 Å². The second-order valence-electron chi connectivity index (χ2n) is 4.72. The number of benzene rings is 1. The van der Waals surface area contributed by atoms with Gasteiger partial charge in [-0.1, -0.05) is 28.8 Å². The molecule has 1 aliphatic rings. The van der Waals surface area contributed by atoms with Gasteiger partial charge in [-0.3, -0.25) is 0 Å². The molecule has 17 heavy (non-hydrogen) atoms. The van der Waals surface area contributed by atoms with E-state index in [9.17, 15) is 0 Å². The molecule has 0 aliphatic heterocycles. The standard InChI is InChI=1S/C13H15BrN2.ClH/c14-9-3-4-13-10(6-9)11(7-16-13)12(15)5-8-1-2-8;/h3-4,6-8,12,16H,1-2,5,15H2;1H/t12-;/m0./s1. The van der Waals surface area contributed by atoms with Gasteiger partial charge in [-0.25, -0.2) is 0 Å². The van der Waals surface area contributed by atoms with Crippen LogP contribution < -0.4 is 5.73 Å². The number of nitrogens with two attached hydrogens (primary N) is 1. The van der Waals surface area contributed by atoms with Crippen LogP contribution in [0.4, 0.5) is 0 Å². The predicted molar refractivity (Wildman–Crippen MR) is 77.5 cm³/mol. The first-order chi connectivity index (χ1) is 7.74. The first kappa shape index (κ1) is 12.9. The molecule has 1 aliphatic carbocycles. The Hall–Kier alpha value is -0.510. The third kappa shape index (κ3) is 2.67. The summed E-state index contributed by atoms with van der Waals surface area (Å²) in [6.45, 7) is 0. The lowest BCUT2D eigenvalue weighted by molar-refractivity contribution is 0.600.